The Labute approximate surface area is 167 Å². The second-order valence-corrected chi connectivity index (χ2v) is 6.69. The number of aryl methyl sites for hydroxylation is 1. The molecule has 1 amide bonds. The number of amides is 1. The molecule has 0 saturated heterocycles. The number of carboxylic acid groups (broad SMARTS) is 1. The van der Waals surface area contributed by atoms with E-state index in [1.807, 2.05) is 19.1 Å². The average Bonchev–Trinajstić information content (AvgIpc) is 2.65. The molecular weight excluding hydrogens is 378 g/mol. The molecule has 28 heavy (non-hydrogen) atoms. The second-order valence-electron chi connectivity index (χ2n) is 6.28. The van der Waals surface area contributed by atoms with Gasteiger partial charge in [-0.15, -0.1) is 0 Å². The Bertz CT molecular complexity index is 998. The molecule has 0 saturated carbocycles. The Morgan fingerprint density at radius 1 is 1.00 bits per heavy atom. The summed E-state index contributed by atoms with van der Waals surface area (Å²) in [4.78, 5) is 23.0. The number of carbonyl (C=O) groups excluding carboxylic acids is 1. The Morgan fingerprint density at radius 3 is 2.29 bits per heavy atom. The van der Waals surface area contributed by atoms with E-state index in [9.17, 15) is 9.59 Å². The van der Waals surface area contributed by atoms with Crippen LogP contribution in [-0.4, -0.2) is 17.0 Å². The summed E-state index contributed by atoms with van der Waals surface area (Å²) in [6.07, 6.45) is -0.102. The molecule has 0 heterocycles. The summed E-state index contributed by atoms with van der Waals surface area (Å²) < 4.78 is 5.73. The number of nitrogens with one attached hydrogen (secondary N) is 1. The standard InChI is InChI=1S/C22H18ClNO4/c1-14-2-5-16(6-3-14)22(27)24-17-7-9-18(10-8-17)28-20-11-4-15(12-19(20)23)13-21(25)26/h2-12H,13H2,1H3,(H,24,27)(H,25,26). The number of anilines is 1. The number of halogens is 1. The highest BCUT2D eigenvalue weighted by Crippen LogP contribution is 2.31. The number of aliphatic carboxylic acids is 1. The van der Waals surface area contributed by atoms with Crippen LogP contribution in [0.2, 0.25) is 5.02 Å². The van der Waals surface area contributed by atoms with E-state index in [4.69, 9.17) is 21.4 Å². The summed E-state index contributed by atoms with van der Waals surface area (Å²) >= 11 is 6.17. The van der Waals surface area contributed by atoms with Crippen LogP contribution in [0.1, 0.15) is 21.5 Å². The van der Waals surface area contributed by atoms with Gasteiger partial charge in [0.2, 0.25) is 0 Å². The van der Waals surface area contributed by atoms with Crippen LogP contribution in [0.5, 0.6) is 11.5 Å². The lowest BCUT2D eigenvalue weighted by Crippen LogP contribution is -2.11. The molecule has 0 aliphatic rings. The van der Waals surface area contributed by atoms with Crippen molar-refractivity contribution in [3.05, 3.63) is 88.4 Å². The Balaban J connectivity index is 1.65. The SMILES string of the molecule is Cc1ccc(C(=O)Nc2ccc(Oc3ccc(CC(=O)O)cc3Cl)cc2)cc1. The molecule has 0 aromatic heterocycles. The van der Waals surface area contributed by atoms with Gasteiger partial charge in [0.1, 0.15) is 11.5 Å². The van der Waals surface area contributed by atoms with Gasteiger partial charge >= 0.3 is 5.97 Å². The van der Waals surface area contributed by atoms with Crippen LogP contribution in [0.3, 0.4) is 0 Å². The van der Waals surface area contributed by atoms with Gasteiger partial charge in [-0.25, -0.2) is 0 Å². The van der Waals surface area contributed by atoms with Gasteiger partial charge in [0.05, 0.1) is 11.4 Å². The summed E-state index contributed by atoms with van der Waals surface area (Å²) in [6, 6.07) is 19.1. The molecule has 5 nitrogen and oxygen atoms in total. The second kappa shape index (κ2) is 8.59. The van der Waals surface area contributed by atoms with Crippen molar-refractivity contribution in [2.75, 3.05) is 5.32 Å². The maximum absolute atomic E-state index is 12.3. The van der Waals surface area contributed by atoms with E-state index in [1.165, 1.54) is 0 Å². The molecule has 2 N–H and O–H groups in total. The summed E-state index contributed by atoms with van der Waals surface area (Å²) in [6.45, 7) is 1.96. The van der Waals surface area contributed by atoms with Crippen LogP contribution in [-0.2, 0) is 11.2 Å². The highest BCUT2D eigenvalue weighted by molar-refractivity contribution is 6.32. The highest BCUT2D eigenvalue weighted by atomic mass is 35.5. The zero-order valence-electron chi connectivity index (χ0n) is 15.1. The summed E-state index contributed by atoms with van der Waals surface area (Å²) in [5, 5.41) is 12.0. The predicted molar refractivity (Wildman–Crippen MR) is 108 cm³/mol. The molecule has 6 heteroatoms. The van der Waals surface area contributed by atoms with Gasteiger partial charge in [0.15, 0.2) is 0 Å². The molecular formula is C22H18ClNO4. The first-order valence-electron chi connectivity index (χ1n) is 8.57. The molecule has 0 fully saturated rings. The summed E-state index contributed by atoms with van der Waals surface area (Å²) in [5.74, 6) is -0.146. The average molecular weight is 396 g/mol. The predicted octanol–water partition coefficient (Wildman–Crippen LogP) is 5.32. The van der Waals surface area contributed by atoms with Crippen molar-refractivity contribution in [3.63, 3.8) is 0 Å². The van der Waals surface area contributed by atoms with Crippen LogP contribution in [0, 0.1) is 6.92 Å². The van der Waals surface area contributed by atoms with Gasteiger partial charge in [0.25, 0.3) is 5.91 Å². The van der Waals surface area contributed by atoms with Crippen molar-refractivity contribution in [1.82, 2.24) is 0 Å². The number of benzene rings is 3. The lowest BCUT2D eigenvalue weighted by atomic mass is 10.1. The van der Waals surface area contributed by atoms with E-state index in [2.05, 4.69) is 5.32 Å². The van der Waals surface area contributed by atoms with E-state index < -0.39 is 5.97 Å². The van der Waals surface area contributed by atoms with Gasteiger partial charge in [-0.2, -0.15) is 0 Å². The highest BCUT2D eigenvalue weighted by Gasteiger charge is 2.09. The Morgan fingerprint density at radius 2 is 1.68 bits per heavy atom. The molecule has 0 bridgehead atoms. The van der Waals surface area contributed by atoms with Crippen LogP contribution in [0.15, 0.2) is 66.7 Å². The third kappa shape index (κ3) is 5.11. The summed E-state index contributed by atoms with van der Waals surface area (Å²) in [5.41, 5.74) is 2.91. The molecule has 142 valence electrons. The van der Waals surface area contributed by atoms with E-state index in [0.717, 1.165) is 5.56 Å². The first-order valence-corrected chi connectivity index (χ1v) is 8.94. The van der Waals surface area contributed by atoms with Crippen LogP contribution < -0.4 is 10.1 Å². The smallest absolute Gasteiger partial charge is 0.307 e. The quantitative estimate of drug-likeness (QED) is 0.592. The molecule has 0 radical (unpaired) electrons. The molecule has 0 atom stereocenters. The van der Waals surface area contributed by atoms with E-state index in [-0.39, 0.29) is 12.3 Å². The van der Waals surface area contributed by atoms with E-state index >= 15 is 0 Å². The van der Waals surface area contributed by atoms with Crippen LogP contribution in [0.4, 0.5) is 5.69 Å². The molecule has 3 aromatic rings. The largest absolute Gasteiger partial charge is 0.481 e. The number of carbonyl (C=O) groups is 2. The van der Waals surface area contributed by atoms with Gasteiger partial charge in [0, 0.05) is 11.3 Å². The maximum atomic E-state index is 12.3. The van der Waals surface area contributed by atoms with Gasteiger partial charge in [-0.3, -0.25) is 9.59 Å². The monoisotopic (exact) mass is 395 g/mol. The number of ether oxygens (including phenoxy) is 1. The van der Waals surface area contributed by atoms with Gasteiger partial charge in [-0.05, 0) is 61.0 Å². The first kappa shape index (κ1) is 19.5. The molecule has 3 rings (SSSR count). The van der Waals surface area contributed by atoms with E-state index in [0.29, 0.717) is 33.3 Å². The third-order valence-electron chi connectivity index (χ3n) is 4.01. The molecule has 0 aliphatic carbocycles. The molecule has 3 aromatic carbocycles. The lowest BCUT2D eigenvalue weighted by Gasteiger charge is -2.10. The van der Waals surface area contributed by atoms with Crippen molar-refractivity contribution < 1.29 is 19.4 Å². The fourth-order valence-electron chi connectivity index (χ4n) is 2.55. The van der Waals surface area contributed by atoms with Crippen LogP contribution >= 0.6 is 11.6 Å². The molecule has 0 aliphatic heterocycles. The van der Waals surface area contributed by atoms with Gasteiger partial charge < -0.3 is 15.2 Å². The normalized spacial score (nSPS) is 10.4. The zero-order chi connectivity index (χ0) is 20.1. The minimum Gasteiger partial charge on any atom is -0.481 e. The van der Waals surface area contributed by atoms with Crippen molar-refractivity contribution in [2.24, 2.45) is 0 Å². The number of rotatable bonds is 6. The molecule has 0 unspecified atom stereocenters. The maximum Gasteiger partial charge on any atom is 0.307 e. The fourth-order valence-corrected chi connectivity index (χ4v) is 2.79. The topological polar surface area (TPSA) is 75.6 Å². The molecule has 0 spiro atoms. The van der Waals surface area contributed by atoms with Crippen LogP contribution in [0.25, 0.3) is 0 Å². The fraction of sp³-hybridized carbons (Fsp3) is 0.0909. The minimum absolute atomic E-state index is 0.102. The van der Waals surface area contributed by atoms with Crippen molar-refractivity contribution in [1.29, 1.82) is 0 Å². The van der Waals surface area contributed by atoms with E-state index in [1.54, 1.807) is 54.6 Å². The third-order valence-corrected chi connectivity index (χ3v) is 4.30. The number of carboxylic acids is 1. The number of hydrogen-bond acceptors (Lipinski definition) is 3. The minimum atomic E-state index is -0.923. The number of hydrogen-bond donors (Lipinski definition) is 2. The lowest BCUT2D eigenvalue weighted by molar-refractivity contribution is -0.136. The Hall–Kier alpha value is -3.31. The Kier molecular flexibility index (Phi) is 5.96. The summed E-state index contributed by atoms with van der Waals surface area (Å²) in [7, 11) is 0. The van der Waals surface area contributed by atoms with Crippen molar-refractivity contribution in [2.45, 2.75) is 13.3 Å². The zero-order valence-corrected chi connectivity index (χ0v) is 15.9. The van der Waals surface area contributed by atoms with Crippen molar-refractivity contribution >= 4 is 29.2 Å². The van der Waals surface area contributed by atoms with Gasteiger partial charge in [-0.1, -0.05) is 35.4 Å². The van der Waals surface area contributed by atoms with Crippen molar-refractivity contribution in [3.8, 4) is 11.5 Å². The first-order chi connectivity index (χ1) is 13.4.